The Morgan fingerprint density at radius 3 is 1.78 bits per heavy atom. The molecule has 0 saturated carbocycles. The van der Waals surface area contributed by atoms with E-state index in [1.54, 1.807) is 19.9 Å². The van der Waals surface area contributed by atoms with Crippen molar-refractivity contribution in [2.45, 2.75) is 27.7 Å². The van der Waals surface area contributed by atoms with E-state index in [9.17, 15) is 4.39 Å². The molecule has 0 N–H and O–H groups in total. The van der Waals surface area contributed by atoms with Crippen molar-refractivity contribution >= 4 is 0 Å². The minimum absolute atomic E-state index is 0.178. The Morgan fingerprint density at radius 1 is 1.22 bits per heavy atom. The van der Waals surface area contributed by atoms with Gasteiger partial charge in [-0.15, -0.1) is 0 Å². The van der Waals surface area contributed by atoms with Gasteiger partial charge in [0.15, 0.2) is 0 Å². The topological polar surface area (TPSA) is 0 Å². The van der Waals surface area contributed by atoms with Gasteiger partial charge in [0.05, 0.1) is 0 Å². The van der Waals surface area contributed by atoms with E-state index < -0.39 is 0 Å². The summed E-state index contributed by atoms with van der Waals surface area (Å²) in [7, 11) is 0. The molecule has 0 aromatic carbocycles. The van der Waals surface area contributed by atoms with Gasteiger partial charge in [0, 0.05) is 0 Å². The third kappa shape index (κ3) is 11.2. The summed E-state index contributed by atoms with van der Waals surface area (Å²) in [4.78, 5) is 0. The van der Waals surface area contributed by atoms with Gasteiger partial charge in [-0.1, -0.05) is 26.0 Å². The van der Waals surface area contributed by atoms with Crippen LogP contribution in [0.5, 0.6) is 0 Å². The van der Waals surface area contributed by atoms with Gasteiger partial charge in [-0.3, -0.25) is 0 Å². The van der Waals surface area contributed by atoms with Crippen molar-refractivity contribution in [3.63, 3.8) is 0 Å². The van der Waals surface area contributed by atoms with E-state index in [-0.39, 0.29) is 5.83 Å². The van der Waals surface area contributed by atoms with Crippen molar-refractivity contribution < 1.29 is 4.39 Å². The van der Waals surface area contributed by atoms with E-state index in [0.717, 1.165) is 0 Å². The lowest BCUT2D eigenvalue weighted by Crippen LogP contribution is -1.57. The minimum Gasteiger partial charge on any atom is -0.207 e. The molecule has 0 aliphatic heterocycles. The molecule has 0 spiro atoms. The highest BCUT2D eigenvalue weighted by atomic mass is 19.1. The van der Waals surface area contributed by atoms with E-state index in [2.05, 4.69) is 0 Å². The maximum Gasteiger partial charge on any atom is 0.118 e. The van der Waals surface area contributed by atoms with Crippen LogP contribution in [-0.2, 0) is 0 Å². The number of hydrogen-bond donors (Lipinski definition) is 0. The van der Waals surface area contributed by atoms with Gasteiger partial charge in [-0.05, 0) is 19.9 Å². The van der Waals surface area contributed by atoms with E-state index in [1.807, 2.05) is 13.8 Å². The molecule has 0 aliphatic rings. The second kappa shape index (κ2) is 10.4. The van der Waals surface area contributed by atoms with Gasteiger partial charge in [-0.25, -0.2) is 4.39 Å². The zero-order valence-electron chi connectivity index (χ0n) is 6.61. The van der Waals surface area contributed by atoms with Crippen LogP contribution in [0.2, 0.25) is 0 Å². The van der Waals surface area contributed by atoms with Crippen LogP contribution in [0.3, 0.4) is 0 Å². The van der Waals surface area contributed by atoms with Gasteiger partial charge in [0.25, 0.3) is 0 Å². The summed E-state index contributed by atoms with van der Waals surface area (Å²) >= 11 is 0. The summed E-state index contributed by atoms with van der Waals surface area (Å²) < 4.78 is 11.9. The average molecular weight is 130 g/mol. The predicted molar refractivity (Wildman–Crippen MR) is 41.0 cm³/mol. The molecule has 0 atom stereocenters. The maximum absolute atomic E-state index is 11.9. The molecule has 1 heteroatoms. The van der Waals surface area contributed by atoms with Gasteiger partial charge in [0.2, 0.25) is 0 Å². The zero-order valence-corrected chi connectivity index (χ0v) is 6.61. The van der Waals surface area contributed by atoms with Gasteiger partial charge >= 0.3 is 0 Å². The molecule has 0 fully saturated rings. The smallest absolute Gasteiger partial charge is 0.118 e. The molecule has 0 aromatic heterocycles. The summed E-state index contributed by atoms with van der Waals surface area (Å²) in [6.45, 7) is 7.44. The first-order chi connectivity index (χ1) is 4.31. The lowest BCUT2D eigenvalue weighted by molar-refractivity contribution is 0.664. The summed E-state index contributed by atoms with van der Waals surface area (Å²) in [5, 5.41) is 0. The number of rotatable bonds is 1. The maximum atomic E-state index is 11.9. The molecule has 0 rings (SSSR count). The molecule has 0 unspecified atom stereocenters. The number of hydrogen-bond acceptors (Lipinski definition) is 0. The lowest BCUT2D eigenvalue weighted by Gasteiger charge is -1.76. The SMILES string of the molecule is C/C=C\C(F)=C/C.CC. The Balaban J connectivity index is 0. The monoisotopic (exact) mass is 130 g/mol. The standard InChI is InChI=1S/C6H9F.C2H6/c1-3-5-6(7)4-2;1-2/h3-5H,1-2H3;1-2H3/b5-3-,6-4+;. The van der Waals surface area contributed by atoms with Gasteiger partial charge < -0.3 is 0 Å². The Kier molecular flexibility index (Phi) is 13.0. The Bertz CT molecular complexity index is 90.7. The highest BCUT2D eigenvalue weighted by Gasteiger charge is 1.75. The van der Waals surface area contributed by atoms with Crippen LogP contribution in [0.1, 0.15) is 27.7 Å². The summed E-state index contributed by atoms with van der Waals surface area (Å²) in [6, 6.07) is 0. The van der Waals surface area contributed by atoms with Crippen molar-refractivity contribution in [3.8, 4) is 0 Å². The van der Waals surface area contributed by atoms with Crippen molar-refractivity contribution in [1.82, 2.24) is 0 Å². The molecular weight excluding hydrogens is 115 g/mol. The second-order valence-electron chi connectivity index (χ2n) is 1.17. The zero-order chi connectivity index (χ0) is 7.70. The fourth-order valence-electron chi connectivity index (χ4n) is 0.255. The van der Waals surface area contributed by atoms with Crippen LogP contribution < -0.4 is 0 Å². The molecule has 0 heterocycles. The minimum atomic E-state index is -0.178. The molecule has 9 heavy (non-hydrogen) atoms. The third-order valence-electron chi connectivity index (χ3n) is 0.602. The van der Waals surface area contributed by atoms with E-state index in [0.29, 0.717) is 0 Å². The molecule has 0 bridgehead atoms. The van der Waals surface area contributed by atoms with Gasteiger partial charge in [-0.2, -0.15) is 0 Å². The fourth-order valence-corrected chi connectivity index (χ4v) is 0.255. The Labute approximate surface area is 57.1 Å². The largest absolute Gasteiger partial charge is 0.207 e. The molecule has 0 amide bonds. The van der Waals surface area contributed by atoms with E-state index in [1.165, 1.54) is 12.2 Å². The van der Waals surface area contributed by atoms with Crippen LogP contribution in [0, 0.1) is 0 Å². The number of halogens is 1. The second-order valence-corrected chi connectivity index (χ2v) is 1.17. The Hall–Kier alpha value is -0.590. The molecule has 0 nitrogen and oxygen atoms in total. The summed E-state index contributed by atoms with van der Waals surface area (Å²) in [5.74, 6) is -0.178. The average Bonchev–Trinajstić information content (AvgIpc) is 1.93. The van der Waals surface area contributed by atoms with Crippen LogP contribution in [0.4, 0.5) is 4.39 Å². The van der Waals surface area contributed by atoms with Crippen molar-refractivity contribution in [2.24, 2.45) is 0 Å². The summed E-state index contributed by atoms with van der Waals surface area (Å²) in [5.41, 5.74) is 0. The molecule has 0 aliphatic carbocycles. The quantitative estimate of drug-likeness (QED) is 0.477. The van der Waals surface area contributed by atoms with Crippen LogP contribution in [-0.4, -0.2) is 0 Å². The normalized spacial score (nSPS) is 11.0. The number of allylic oxidation sites excluding steroid dienone is 4. The molecular formula is C8H15F. The highest BCUT2D eigenvalue weighted by Crippen LogP contribution is 1.95. The van der Waals surface area contributed by atoms with Crippen LogP contribution in [0.25, 0.3) is 0 Å². The van der Waals surface area contributed by atoms with Crippen molar-refractivity contribution in [1.29, 1.82) is 0 Å². The lowest BCUT2D eigenvalue weighted by atomic mass is 10.4. The molecule has 0 saturated heterocycles. The third-order valence-corrected chi connectivity index (χ3v) is 0.602. The van der Waals surface area contributed by atoms with E-state index >= 15 is 0 Å². The van der Waals surface area contributed by atoms with E-state index in [4.69, 9.17) is 0 Å². The fraction of sp³-hybridized carbons (Fsp3) is 0.500. The highest BCUT2D eigenvalue weighted by molar-refractivity contribution is 5.08. The molecule has 0 radical (unpaired) electrons. The molecule has 0 aromatic rings. The predicted octanol–water partition coefficient (Wildman–Crippen LogP) is 3.46. The Morgan fingerprint density at radius 2 is 1.67 bits per heavy atom. The van der Waals surface area contributed by atoms with Crippen LogP contribution >= 0.6 is 0 Å². The van der Waals surface area contributed by atoms with Crippen molar-refractivity contribution in [2.75, 3.05) is 0 Å². The first kappa shape index (κ1) is 11.2. The molecule has 54 valence electrons. The summed E-state index contributed by atoms with van der Waals surface area (Å²) in [6.07, 6.45) is 4.50. The van der Waals surface area contributed by atoms with Crippen LogP contribution in [0.15, 0.2) is 24.1 Å². The first-order valence-electron chi connectivity index (χ1n) is 3.25. The first-order valence-corrected chi connectivity index (χ1v) is 3.25. The van der Waals surface area contributed by atoms with Crippen molar-refractivity contribution in [3.05, 3.63) is 24.1 Å². The van der Waals surface area contributed by atoms with Gasteiger partial charge in [0.1, 0.15) is 5.83 Å².